The van der Waals surface area contributed by atoms with Crippen molar-refractivity contribution in [3.8, 4) is 0 Å². The van der Waals surface area contributed by atoms with Crippen LogP contribution in [0.4, 0.5) is 0 Å². The number of morpholine rings is 1. The van der Waals surface area contributed by atoms with Crippen molar-refractivity contribution in [2.45, 2.75) is 32.4 Å². The first kappa shape index (κ1) is 13.5. The first-order chi connectivity index (χ1) is 8.79. The molecule has 2 rings (SSSR count). The predicted octanol–water partition coefficient (Wildman–Crippen LogP) is 0.410. The molecule has 6 heteroatoms. The quantitative estimate of drug-likeness (QED) is 0.795. The molecule has 1 unspecified atom stereocenters. The third-order valence-corrected chi connectivity index (χ3v) is 3.28. The molecule has 0 bridgehead atoms. The summed E-state index contributed by atoms with van der Waals surface area (Å²) in [5.74, 6) is 0. The second kappa shape index (κ2) is 6.82. The van der Waals surface area contributed by atoms with Crippen LogP contribution in [0.2, 0.25) is 0 Å². The van der Waals surface area contributed by atoms with Crippen LogP contribution in [0.5, 0.6) is 0 Å². The Hall–Kier alpha value is -0.980. The molecule has 1 aromatic rings. The van der Waals surface area contributed by atoms with Gasteiger partial charge >= 0.3 is 0 Å². The van der Waals surface area contributed by atoms with Crippen LogP contribution in [0.1, 0.15) is 31.5 Å². The van der Waals surface area contributed by atoms with Gasteiger partial charge in [0, 0.05) is 19.6 Å². The van der Waals surface area contributed by atoms with Crippen LogP contribution in [-0.2, 0) is 11.3 Å². The number of rotatable bonds is 6. The van der Waals surface area contributed by atoms with E-state index in [1.807, 2.05) is 10.9 Å². The molecular formula is C12H23N5O. The summed E-state index contributed by atoms with van der Waals surface area (Å²) in [5.41, 5.74) is 6.92. The zero-order chi connectivity index (χ0) is 12.8. The SMILES string of the molecule is CCCC(N)c1cn(CCN2CCOCC2)nn1. The van der Waals surface area contributed by atoms with E-state index in [0.717, 1.165) is 57.9 Å². The molecule has 0 aliphatic carbocycles. The first-order valence-corrected chi connectivity index (χ1v) is 6.75. The molecule has 2 N–H and O–H groups in total. The molecule has 0 amide bonds. The van der Waals surface area contributed by atoms with Crippen molar-refractivity contribution < 1.29 is 4.74 Å². The standard InChI is InChI=1S/C12H23N5O/c1-2-3-11(13)12-10-17(15-14-12)5-4-16-6-8-18-9-7-16/h10-11H,2-9,13H2,1H3. The molecule has 1 aromatic heterocycles. The molecule has 1 fully saturated rings. The summed E-state index contributed by atoms with van der Waals surface area (Å²) < 4.78 is 7.21. The lowest BCUT2D eigenvalue weighted by atomic mass is 10.1. The molecule has 1 aliphatic rings. The van der Waals surface area contributed by atoms with Crippen LogP contribution >= 0.6 is 0 Å². The highest BCUT2D eigenvalue weighted by Gasteiger charge is 2.12. The van der Waals surface area contributed by atoms with Gasteiger partial charge in [-0.2, -0.15) is 0 Å². The Balaban J connectivity index is 1.79. The molecule has 1 aliphatic heterocycles. The van der Waals surface area contributed by atoms with E-state index in [-0.39, 0.29) is 6.04 Å². The predicted molar refractivity (Wildman–Crippen MR) is 69.1 cm³/mol. The van der Waals surface area contributed by atoms with Gasteiger partial charge in [0.15, 0.2) is 0 Å². The van der Waals surface area contributed by atoms with E-state index in [0.29, 0.717) is 0 Å². The lowest BCUT2D eigenvalue weighted by Gasteiger charge is -2.26. The number of hydrogen-bond donors (Lipinski definition) is 1. The highest BCUT2D eigenvalue weighted by Crippen LogP contribution is 2.11. The Kier molecular flexibility index (Phi) is 5.10. The fourth-order valence-electron chi connectivity index (χ4n) is 2.12. The number of aromatic nitrogens is 3. The lowest BCUT2D eigenvalue weighted by Crippen LogP contribution is -2.38. The Labute approximate surface area is 108 Å². The van der Waals surface area contributed by atoms with Crippen molar-refractivity contribution in [2.24, 2.45) is 5.73 Å². The Morgan fingerprint density at radius 3 is 2.89 bits per heavy atom. The summed E-state index contributed by atoms with van der Waals surface area (Å²) in [6.45, 7) is 7.69. The summed E-state index contributed by atoms with van der Waals surface area (Å²) in [5, 5.41) is 8.28. The summed E-state index contributed by atoms with van der Waals surface area (Å²) in [7, 11) is 0. The zero-order valence-corrected chi connectivity index (χ0v) is 11.1. The molecule has 1 atom stereocenters. The molecule has 2 heterocycles. The van der Waals surface area contributed by atoms with Crippen molar-refractivity contribution in [1.82, 2.24) is 19.9 Å². The van der Waals surface area contributed by atoms with E-state index in [9.17, 15) is 0 Å². The number of nitrogens with two attached hydrogens (primary N) is 1. The van der Waals surface area contributed by atoms with Gasteiger partial charge in [0.2, 0.25) is 0 Å². The maximum atomic E-state index is 6.02. The number of ether oxygens (including phenoxy) is 1. The number of hydrogen-bond acceptors (Lipinski definition) is 5. The van der Waals surface area contributed by atoms with Gasteiger partial charge < -0.3 is 10.5 Å². The van der Waals surface area contributed by atoms with Gasteiger partial charge in [-0.25, -0.2) is 0 Å². The molecule has 18 heavy (non-hydrogen) atoms. The van der Waals surface area contributed by atoms with E-state index in [1.165, 1.54) is 0 Å². The van der Waals surface area contributed by atoms with Crippen molar-refractivity contribution in [1.29, 1.82) is 0 Å². The Morgan fingerprint density at radius 1 is 1.39 bits per heavy atom. The van der Waals surface area contributed by atoms with E-state index >= 15 is 0 Å². The van der Waals surface area contributed by atoms with Gasteiger partial charge in [-0.15, -0.1) is 5.10 Å². The molecule has 0 saturated carbocycles. The van der Waals surface area contributed by atoms with Crippen molar-refractivity contribution in [2.75, 3.05) is 32.8 Å². The highest BCUT2D eigenvalue weighted by molar-refractivity contribution is 4.99. The lowest BCUT2D eigenvalue weighted by molar-refractivity contribution is 0.0359. The molecular weight excluding hydrogens is 230 g/mol. The van der Waals surface area contributed by atoms with Gasteiger partial charge in [0.25, 0.3) is 0 Å². The maximum Gasteiger partial charge on any atom is 0.0994 e. The minimum absolute atomic E-state index is 0.0205. The summed E-state index contributed by atoms with van der Waals surface area (Å²) in [4.78, 5) is 2.39. The maximum absolute atomic E-state index is 6.02. The van der Waals surface area contributed by atoms with Gasteiger partial charge in [-0.3, -0.25) is 9.58 Å². The Morgan fingerprint density at radius 2 is 2.17 bits per heavy atom. The first-order valence-electron chi connectivity index (χ1n) is 6.75. The van der Waals surface area contributed by atoms with Gasteiger partial charge in [0.1, 0.15) is 0 Å². The largest absolute Gasteiger partial charge is 0.379 e. The summed E-state index contributed by atoms with van der Waals surface area (Å²) in [6.07, 6.45) is 4.00. The van der Waals surface area contributed by atoms with E-state index in [2.05, 4.69) is 22.1 Å². The molecule has 102 valence electrons. The monoisotopic (exact) mass is 253 g/mol. The van der Waals surface area contributed by atoms with E-state index in [4.69, 9.17) is 10.5 Å². The molecule has 6 nitrogen and oxygen atoms in total. The average molecular weight is 253 g/mol. The van der Waals surface area contributed by atoms with Crippen molar-refractivity contribution in [3.63, 3.8) is 0 Å². The van der Waals surface area contributed by atoms with Crippen LogP contribution < -0.4 is 5.73 Å². The normalized spacial score (nSPS) is 19.0. The molecule has 1 saturated heterocycles. The minimum Gasteiger partial charge on any atom is -0.379 e. The van der Waals surface area contributed by atoms with Crippen LogP contribution in [0.3, 0.4) is 0 Å². The van der Waals surface area contributed by atoms with Crippen LogP contribution in [0.25, 0.3) is 0 Å². The topological polar surface area (TPSA) is 69.2 Å². The second-order valence-electron chi connectivity index (χ2n) is 4.76. The third-order valence-electron chi connectivity index (χ3n) is 3.28. The molecule has 0 spiro atoms. The third kappa shape index (κ3) is 3.76. The van der Waals surface area contributed by atoms with Crippen molar-refractivity contribution >= 4 is 0 Å². The van der Waals surface area contributed by atoms with Crippen LogP contribution in [-0.4, -0.2) is 52.7 Å². The fraction of sp³-hybridized carbons (Fsp3) is 0.833. The second-order valence-corrected chi connectivity index (χ2v) is 4.76. The average Bonchev–Trinajstić information content (AvgIpc) is 2.87. The zero-order valence-electron chi connectivity index (χ0n) is 11.1. The van der Waals surface area contributed by atoms with Gasteiger partial charge in [0.05, 0.1) is 37.7 Å². The van der Waals surface area contributed by atoms with Gasteiger partial charge in [-0.05, 0) is 6.42 Å². The van der Waals surface area contributed by atoms with Crippen LogP contribution in [0, 0.1) is 0 Å². The molecule has 0 radical (unpaired) electrons. The highest BCUT2D eigenvalue weighted by atomic mass is 16.5. The Bertz CT molecular complexity index is 348. The van der Waals surface area contributed by atoms with Crippen molar-refractivity contribution in [3.05, 3.63) is 11.9 Å². The van der Waals surface area contributed by atoms with E-state index in [1.54, 1.807) is 0 Å². The van der Waals surface area contributed by atoms with Crippen LogP contribution in [0.15, 0.2) is 6.20 Å². The minimum atomic E-state index is 0.0205. The summed E-state index contributed by atoms with van der Waals surface area (Å²) in [6, 6.07) is 0.0205. The fourth-order valence-corrected chi connectivity index (χ4v) is 2.12. The smallest absolute Gasteiger partial charge is 0.0994 e. The molecule has 0 aromatic carbocycles. The van der Waals surface area contributed by atoms with E-state index < -0.39 is 0 Å². The number of nitrogens with zero attached hydrogens (tertiary/aromatic N) is 4. The summed E-state index contributed by atoms with van der Waals surface area (Å²) >= 11 is 0. The van der Waals surface area contributed by atoms with Gasteiger partial charge in [-0.1, -0.05) is 18.6 Å².